The standard InChI is InChI=1S/C24H21N5O/c1-15(11-12-25-3)16(2)23-21(26-4)14-27-29(24(23)30)22-13-18(22)20-10-9-17-7-5-6-8-19(17)28-20/h5-12,14,18,22H,1-4,13H2/b12-11-. The number of benzene rings is 1. The summed E-state index contributed by atoms with van der Waals surface area (Å²) >= 11 is 0. The number of hydrogen-bond donors (Lipinski definition) is 0. The van der Waals surface area contributed by atoms with E-state index in [1.807, 2.05) is 30.3 Å². The van der Waals surface area contributed by atoms with Crippen molar-refractivity contribution in [3.8, 4) is 0 Å². The molecule has 148 valence electrons. The number of aromatic nitrogens is 3. The second-order valence-corrected chi connectivity index (χ2v) is 7.15. The molecule has 2 atom stereocenters. The molecule has 1 aliphatic rings. The van der Waals surface area contributed by atoms with E-state index in [0.29, 0.717) is 22.4 Å². The molecule has 0 saturated heterocycles. The molecule has 0 bridgehead atoms. The Hall–Kier alpha value is -3.93. The highest BCUT2D eigenvalue weighted by Crippen LogP contribution is 2.50. The maximum Gasteiger partial charge on any atom is 0.277 e. The van der Waals surface area contributed by atoms with Gasteiger partial charge in [0, 0.05) is 23.2 Å². The Morgan fingerprint density at radius 1 is 1.17 bits per heavy atom. The van der Waals surface area contributed by atoms with Crippen molar-refractivity contribution >= 4 is 35.6 Å². The molecule has 1 aliphatic carbocycles. The molecule has 1 saturated carbocycles. The normalized spacial score (nSPS) is 17.7. The van der Waals surface area contributed by atoms with Gasteiger partial charge in [0.25, 0.3) is 5.56 Å². The van der Waals surface area contributed by atoms with Crippen LogP contribution in [0.4, 0.5) is 5.69 Å². The molecule has 0 aliphatic heterocycles. The van der Waals surface area contributed by atoms with Gasteiger partial charge in [-0.25, -0.2) is 4.68 Å². The van der Waals surface area contributed by atoms with Gasteiger partial charge in [0.05, 0.1) is 29.0 Å². The van der Waals surface area contributed by atoms with Crippen molar-refractivity contribution in [1.82, 2.24) is 14.8 Å². The smallest absolute Gasteiger partial charge is 0.272 e. The van der Waals surface area contributed by atoms with E-state index >= 15 is 0 Å². The van der Waals surface area contributed by atoms with E-state index < -0.39 is 0 Å². The number of allylic oxidation sites excluding steroid dienone is 3. The summed E-state index contributed by atoms with van der Waals surface area (Å²) in [7, 11) is 0. The van der Waals surface area contributed by atoms with E-state index in [1.54, 1.807) is 12.3 Å². The van der Waals surface area contributed by atoms with Crippen LogP contribution in [0.15, 0.2) is 88.4 Å². The number of nitrogens with zero attached hydrogens (tertiary/aromatic N) is 5. The van der Waals surface area contributed by atoms with Crippen LogP contribution in [0.1, 0.15) is 29.6 Å². The minimum atomic E-state index is -0.265. The number of fused-ring (bicyclic) bond motifs is 1. The van der Waals surface area contributed by atoms with Crippen LogP contribution in [-0.2, 0) is 0 Å². The van der Waals surface area contributed by atoms with E-state index in [2.05, 4.69) is 47.7 Å². The first-order valence-electron chi connectivity index (χ1n) is 9.50. The van der Waals surface area contributed by atoms with Crippen molar-refractivity contribution < 1.29 is 0 Å². The fourth-order valence-electron chi connectivity index (χ4n) is 3.56. The monoisotopic (exact) mass is 395 g/mol. The molecule has 1 aromatic carbocycles. The fraction of sp³-hybridized carbons (Fsp3) is 0.125. The van der Waals surface area contributed by atoms with Gasteiger partial charge in [-0.15, -0.1) is 0 Å². The quantitative estimate of drug-likeness (QED) is 0.432. The zero-order valence-corrected chi connectivity index (χ0v) is 16.5. The molecular weight excluding hydrogens is 374 g/mol. The molecule has 0 radical (unpaired) electrons. The van der Waals surface area contributed by atoms with E-state index in [1.165, 1.54) is 10.9 Å². The van der Waals surface area contributed by atoms with Crippen LogP contribution in [-0.4, -0.2) is 28.2 Å². The molecule has 30 heavy (non-hydrogen) atoms. The zero-order chi connectivity index (χ0) is 21.3. The second-order valence-electron chi connectivity index (χ2n) is 7.15. The van der Waals surface area contributed by atoms with Crippen LogP contribution in [0, 0.1) is 0 Å². The Bertz CT molecular complexity index is 1280. The van der Waals surface area contributed by atoms with Crippen molar-refractivity contribution in [2.24, 2.45) is 9.98 Å². The van der Waals surface area contributed by atoms with Crippen LogP contribution < -0.4 is 5.56 Å². The average molecular weight is 395 g/mol. The highest BCUT2D eigenvalue weighted by Gasteiger charge is 2.43. The van der Waals surface area contributed by atoms with Crippen LogP contribution in [0.2, 0.25) is 0 Å². The molecule has 6 heteroatoms. The lowest BCUT2D eigenvalue weighted by Gasteiger charge is -2.12. The van der Waals surface area contributed by atoms with Gasteiger partial charge in [0.1, 0.15) is 0 Å². The Kier molecular flexibility index (Phi) is 5.06. The first-order valence-corrected chi connectivity index (χ1v) is 9.50. The SMILES string of the molecule is C=N/C=C\C(=C)C(=C)c1c(N=C)cnn(C2CC2c2ccc3ccccc3n2)c1=O. The summed E-state index contributed by atoms with van der Waals surface area (Å²) in [6.07, 6.45) is 5.48. The Morgan fingerprint density at radius 3 is 2.73 bits per heavy atom. The summed E-state index contributed by atoms with van der Waals surface area (Å²) in [4.78, 5) is 25.7. The topological polar surface area (TPSA) is 72.5 Å². The number of pyridine rings is 1. The van der Waals surface area contributed by atoms with Crippen molar-refractivity contribution in [1.29, 1.82) is 0 Å². The number of para-hydroxylation sites is 1. The van der Waals surface area contributed by atoms with Crippen LogP contribution in [0.3, 0.4) is 0 Å². The summed E-state index contributed by atoms with van der Waals surface area (Å²) in [5.74, 6) is 0.136. The maximum absolute atomic E-state index is 13.3. The minimum Gasteiger partial charge on any atom is -0.272 e. The van der Waals surface area contributed by atoms with Gasteiger partial charge in [-0.05, 0) is 49.2 Å². The summed E-state index contributed by atoms with van der Waals surface area (Å²) in [5, 5.41) is 5.43. The molecule has 4 rings (SSSR count). The summed E-state index contributed by atoms with van der Waals surface area (Å²) < 4.78 is 1.50. The lowest BCUT2D eigenvalue weighted by molar-refractivity contribution is 0.582. The summed E-state index contributed by atoms with van der Waals surface area (Å²) in [6, 6.07) is 12.0. The molecule has 2 heterocycles. The van der Waals surface area contributed by atoms with Crippen molar-refractivity contribution in [3.05, 3.63) is 95.2 Å². The fourth-order valence-corrected chi connectivity index (χ4v) is 3.56. The van der Waals surface area contributed by atoms with Gasteiger partial charge in [-0.2, -0.15) is 5.10 Å². The summed E-state index contributed by atoms with van der Waals surface area (Å²) in [5.41, 5.74) is 3.37. The molecule has 0 N–H and O–H groups in total. The minimum absolute atomic E-state index is 0.0600. The second kappa shape index (κ2) is 7.83. The van der Waals surface area contributed by atoms with Gasteiger partial charge >= 0.3 is 0 Å². The lowest BCUT2D eigenvalue weighted by atomic mass is 10.0. The Balaban J connectivity index is 1.68. The molecule has 2 aromatic heterocycles. The first kappa shape index (κ1) is 19.4. The van der Waals surface area contributed by atoms with E-state index in [0.717, 1.165) is 23.0 Å². The van der Waals surface area contributed by atoms with Gasteiger partial charge in [0.2, 0.25) is 0 Å². The predicted molar refractivity (Wildman–Crippen MR) is 123 cm³/mol. The third-order valence-corrected chi connectivity index (χ3v) is 5.29. The Labute approximate surface area is 174 Å². The van der Waals surface area contributed by atoms with Crippen molar-refractivity contribution in [3.63, 3.8) is 0 Å². The third kappa shape index (κ3) is 3.43. The van der Waals surface area contributed by atoms with Crippen LogP contribution in [0.25, 0.3) is 16.5 Å². The third-order valence-electron chi connectivity index (χ3n) is 5.29. The molecule has 0 spiro atoms. The first-order chi connectivity index (χ1) is 14.5. The highest BCUT2D eigenvalue weighted by atomic mass is 16.1. The van der Waals surface area contributed by atoms with E-state index in [4.69, 9.17) is 4.98 Å². The maximum atomic E-state index is 13.3. The highest BCUT2D eigenvalue weighted by molar-refractivity contribution is 5.84. The zero-order valence-electron chi connectivity index (χ0n) is 16.5. The van der Waals surface area contributed by atoms with Gasteiger partial charge < -0.3 is 0 Å². The van der Waals surface area contributed by atoms with E-state index in [-0.39, 0.29) is 17.5 Å². The van der Waals surface area contributed by atoms with E-state index in [9.17, 15) is 4.79 Å². The lowest BCUT2D eigenvalue weighted by Crippen LogP contribution is -2.25. The van der Waals surface area contributed by atoms with Gasteiger partial charge in [-0.3, -0.25) is 19.8 Å². The Morgan fingerprint density at radius 2 is 1.97 bits per heavy atom. The van der Waals surface area contributed by atoms with Crippen LogP contribution >= 0.6 is 0 Å². The largest absolute Gasteiger partial charge is 0.277 e. The predicted octanol–water partition coefficient (Wildman–Crippen LogP) is 4.64. The average Bonchev–Trinajstić information content (AvgIpc) is 3.57. The molecule has 2 unspecified atom stereocenters. The van der Waals surface area contributed by atoms with Crippen molar-refractivity contribution in [2.45, 2.75) is 18.4 Å². The van der Waals surface area contributed by atoms with Gasteiger partial charge in [0.15, 0.2) is 0 Å². The van der Waals surface area contributed by atoms with Crippen molar-refractivity contribution in [2.75, 3.05) is 0 Å². The van der Waals surface area contributed by atoms with Crippen LogP contribution in [0.5, 0.6) is 0 Å². The summed E-state index contributed by atoms with van der Waals surface area (Å²) in [6.45, 7) is 14.9. The van der Waals surface area contributed by atoms with Gasteiger partial charge in [-0.1, -0.05) is 37.4 Å². The molecule has 6 nitrogen and oxygen atoms in total. The number of hydrogen-bond acceptors (Lipinski definition) is 5. The number of aliphatic imine (C=N–C) groups is 2. The molecule has 3 aromatic rings. The number of rotatable bonds is 7. The molecular formula is C24H21N5O. The molecule has 0 amide bonds. The molecule has 1 fully saturated rings.